The van der Waals surface area contributed by atoms with Gasteiger partial charge in [-0.1, -0.05) is 25.7 Å². The highest BCUT2D eigenvalue weighted by Gasteiger charge is 2.37. The number of rotatable bonds is 2. The van der Waals surface area contributed by atoms with E-state index in [1.807, 2.05) is 4.90 Å². The van der Waals surface area contributed by atoms with Gasteiger partial charge in [0.25, 0.3) is 5.91 Å². The molecule has 0 bridgehead atoms. The smallest absolute Gasteiger partial charge is 0.356 e. The van der Waals surface area contributed by atoms with E-state index in [-0.39, 0.29) is 11.6 Å². The largest absolute Gasteiger partial charge is 0.464 e. The molecule has 0 radical (unpaired) electrons. The first-order valence-electron chi connectivity index (χ1n) is 8.97. The number of nitrogens with zero attached hydrogens (tertiary/aromatic N) is 2. The summed E-state index contributed by atoms with van der Waals surface area (Å²) in [5.74, 6) is -0.505. The van der Waals surface area contributed by atoms with E-state index in [1.165, 1.54) is 58.3 Å². The van der Waals surface area contributed by atoms with Crippen molar-refractivity contribution in [2.45, 2.75) is 51.4 Å². The lowest BCUT2D eigenvalue weighted by Crippen LogP contribution is -2.46. The number of esters is 1. The average Bonchev–Trinajstić information content (AvgIpc) is 2.86. The molecule has 1 aliphatic carbocycles. The highest BCUT2D eigenvalue weighted by atomic mass is 16.5. The van der Waals surface area contributed by atoms with E-state index in [4.69, 9.17) is 4.74 Å². The summed E-state index contributed by atoms with van der Waals surface area (Å²) < 4.78 is 4.69. The second-order valence-electron chi connectivity index (χ2n) is 7.17. The van der Waals surface area contributed by atoms with E-state index in [0.29, 0.717) is 11.0 Å². The van der Waals surface area contributed by atoms with Gasteiger partial charge in [0.1, 0.15) is 5.69 Å². The molecule has 1 spiro atoms. The summed E-state index contributed by atoms with van der Waals surface area (Å²) in [4.78, 5) is 30.5. The summed E-state index contributed by atoms with van der Waals surface area (Å²) in [5, 5.41) is 0. The molecule has 2 fully saturated rings. The monoisotopic (exact) mass is 330 g/mol. The average molecular weight is 330 g/mol. The standard InChI is InChI=1S/C19H26N2O3/c1-24-18(23)16-13-15(7-11-20-16)17(22)21-12-6-10-19(14-21)8-4-2-3-5-9-19/h7,11,13H,2-6,8-10,12,14H2,1H3. The Labute approximate surface area is 143 Å². The molecular formula is C19H26N2O3. The van der Waals surface area contributed by atoms with Crippen LogP contribution in [0.15, 0.2) is 18.3 Å². The molecule has 24 heavy (non-hydrogen) atoms. The molecule has 0 unspecified atom stereocenters. The van der Waals surface area contributed by atoms with Crippen LogP contribution in [0, 0.1) is 5.41 Å². The molecule has 0 atom stereocenters. The van der Waals surface area contributed by atoms with Crippen LogP contribution < -0.4 is 0 Å². The summed E-state index contributed by atoms with van der Waals surface area (Å²) in [5.41, 5.74) is 1.02. The number of carbonyl (C=O) groups is 2. The van der Waals surface area contributed by atoms with Crippen LogP contribution >= 0.6 is 0 Å². The molecule has 5 nitrogen and oxygen atoms in total. The molecular weight excluding hydrogens is 304 g/mol. The van der Waals surface area contributed by atoms with Crippen molar-refractivity contribution in [1.82, 2.24) is 9.88 Å². The third-order valence-corrected chi connectivity index (χ3v) is 5.51. The Morgan fingerprint density at radius 1 is 1.12 bits per heavy atom. The second-order valence-corrected chi connectivity index (χ2v) is 7.17. The molecule has 130 valence electrons. The van der Waals surface area contributed by atoms with Crippen LogP contribution in [0.3, 0.4) is 0 Å². The van der Waals surface area contributed by atoms with E-state index in [2.05, 4.69) is 4.98 Å². The topological polar surface area (TPSA) is 59.5 Å². The molecule has 2 heterocycles. The number of carbonyl (C=O) groups excluding carboxylic acids is 2. The van der Waals surface area contributed by atoms with E-state index in [0.717, 1.165) is 19.5 Å². The fourth-order valence-electron chi connectivity index (χ4n) is 4.23. The second kappa shape index (κ2) is 7.32. The molecule has 0 aromatic carbocycles. The predicted molar refractivity (Wildman–Crippen MR) is 90.8 cm³/mol. The van der Waals surface area contributed by atoms with Crippen molar-refractivity contribution in [3.8, 4) is 0 Å². The molecule has 5 heteroatoms. The Morgan fingerprint density at radius 3 is 2.54 bits per heavy atom. The van der Waals surface area contributed by atoms with Gasteiger partial charge in [0, 0.05) is 24.8 Å². The number of amides is 1. The minimum Gasteiger partial charge on any atom is -0.464 e. The van der Waals surface area contributed by atoms with E-state index < -0.39 is 5.97 Å². The van der Waals surface area contributed by atoms with Crippen LogP contribution in [0.25, 0.3) is 0 Å². The number of aromatic nitrogens is 1. The van der Waals surface area contributed by atoms with Gasteiger partial charge in [0.2, 0.25) is 0 Å². The van der Waals surface area contributed by atoms with Crippen LogP contribution in [0.4, 0.5) is 0 Å². The van der Waals surface area contributed by atoms with E-state index in [1.54, 1.807) is 12.1 Å². The third-order valence-electron chi connectivity index (χ3n) is 5.51. The quantitative estimate of drug-likeness (QED) is 0.779. The minimum atomic E-state index is -0.511. The molecule has 1 amide bonds. The zero-order valence-corrected chi connectivity index (χ0v) is 14.4. The van der Waals surface area contributed by atoms with Gasteiger partial charge in [-0.3, -0.25) is 4.79 Å². The summed E-state index contributed by atoms with van der Waals surface area (Å²) in [6.45, 7) is 1.65. The fourth-order valence-corrected chi connectivity index (χ4v) is 4.23. The molecule has 2 aliphatic rings. The minimum absolute atomic E-state index is 0.00544. The third kappa shape index (κ3) is 3.60. The lowest BCUT2D eigenvalue weighted by molar-refractivity contribution is 0.0465. The summed E-state index contributed by atoms with van der Waals surface area (Å²) in [6, 6.07) is 3.23. The first kappa shape index (κ1) is 16.9. The Balaban J connectivity index is 1.76. The number of likely N-dealkylation sites (tertiary alicyclic amines) is 1. The lowest BCUT2D eigenvalue weighted by Gasteiger charge is -2.42. The first-order valence-corrected chi connectivity index (χ1v) is 8.97. The Hall–Kier alpha value is -1.91. The zero-order chi connectivity index (χ0) is 17.0. The Morgan fingerprint density at radius 2 is 1.83 bits per heavy atom. The number of pyridine rings is 1. The maximum Gasteiger partial charge on any atom is 0.356 e. The molecule has 1 aromatic heterocycles. The van der Waals surface area contributed by atoms with Gasteiger partial charge < -0.3 is 9.64 Å². The van der Waals surface area contributed by atoms with Crippen LogP contribution in [-0.2, 0) is 4.74 Å². The SMILES string of the molecule is COC(=O)c1cc(C(=O)N2CCCC3(CCCCCC3)C2)ccn1. The number of ether oxygens (including phenoxy) is 1. The number of piperidine rings is 1. The van der Waals surface area contributed by atoms with Gasteiger partial charge >= 0.3 is 5.97 Å². The van der Waals surface area contributed by atoms with Crippen molar-refractivity contribution in [3.63, 3.8) is 0 Å². The molecule has 1 aromatic rings. The van der Waals surface area contributed by atoms with Crippen LogP contribution in [0.1, 0.15) is 72.2 Å². The van der Waals surface area contributed by atoms with Crippen LogP contribution in [-0.4, -0.2) is 42.0 Å². The van der Waals surface area contributed by atoms with Crippen molar-refractivity contribution in [3.05, 3.63) is 29.6 Å². The highest BCUT2D eigenvalue weighted by Crippen LogP contribution is 2.42. The van der Waals surface area contributed by atoms with Crippen molar-refractivity contribution in [2.24, 2.45) is 5.41 Å². The molecule has 1 saturated carbocycles. The summed E-state index contributed by atoms with van der Waals surface area (Å²) in [6.07, 6.45) is 11.5. The number of hydrogen-bond acceptors (Lipinski definition) is 4. The van der Waals surface area contributed by atoms with Gasteiger partial charge in [-0.15, -0.1) is 0 Å². The number of methoxy groups -OCH3 is 1. The van der Waals surface area contributed by atoms with Crippen molar-refractivity contribution >= 4 is 11.9 Å². The Kier molecular flexibility index (Phi) is 5.17. The van der Waals surface area contributed by atoms with Crippen LogP contribution in [0.2, 0.25) is 0 Å². The van der Waals surface area contributed by atoms with Gasteiger partial charge in [-0.2, -0.15) is 0 Å². The van der Waals surface area contributed by atoms with E-state index in [9.17, 15) is 9.59 Å². The lowest BCUT2D eigenvalue weighted by atomic mass is 9.74. The maximum absolute atomic E-state index is 12.9. The van der Waals surface area contributed by atoms with Gasteiger partial charge in [0.05, 0.1) is 7.11 Å². The van der Waals surface area contributed by atoms with E-state index >= 15 is 0 Å². The maximum atomic E-state index is 12.9. The zero-order valence-electron chi connectivity index (χ0n) is 14.4. The Bertz CT molecular complexity index is 606. The van der Waals surface area contributed by atoms with Crippen LogP contribution in [0.5, 0.6) is 0 Å². The highest BCUT2D eigenvalue weighted by molar-refractivity contribution is 5.97. The van der Waals surface area contributed by atoms with Crippen molar-refractivity contribution < 1.29 is 14.3 Å². The molecule has 1 aliphatic heterocycles. The molecule has 3 rings (SSSR count). The predicted octanol–water partition coefficient (Wildman–Crippen LogP) is 3.44. The number of hydrogen-bond donors (Lipinski definition) is 0. The summed E-state index contributed by atoms with van der Waals surface area (Å²) >= 11 is 0. The van der Waals surface area contributed by atoms with Gasteiger partial charge in [-0.05, 0) is 43.2 Å². The molecule has 1 saturated heterocycles. The van der Waals surface area contributed by atoms with Crippen molar-refractivity contribution in [2.75, 3.05) is 20.2 Å². The fraction of sp³-hybridized carbons (Fsp3) is 0.632. The molecule has 0 N–H and O–H groups in total. The van der Waals surface area contributed by atoms with Gasteiger partial charge in [-0.25, -0.2) is 9.78 Å². The first-order chi connectivity index (χ1) is 11.6. The van der Waals surface area contributed by atoms with Gasteiger partial charge in [0.15, 0.2) is 0 Å². The van der Waals surface area contributed by atoms with Crippen molar-refractivity contribution in [1.29, 1.82) is 0 Å². The summed E-state index contributed by atoms with van der Waals surface area (Å²) in [7, 11) is 1.32. The normalized spacial score (nSPS) is 20.5.